The van der Waals surface area contributed by atoms with E-state index in [-0.39, 0.29) is 16.7 Å². The first kappa shape index (κ1) is 15.8. The highest BCUT2D eigenvalue weighted by Gasteiger charge is 2.11. The lowest BCUT2D eigenvalue weighted by Crippen LogP contribution is -2.00. The van der Waals surface area contributed by atoms with Gasteiger partial charge in [0.25, 0.3) is 5.88 Å². The number of halogens is 2. The van der Waals surface area contributed by atoms with Gasteiger partial charge in [-0.15, -0.1) is 4.37 Å². The van der Waals surface area contributed by atoms with Gasteiger partial charge in [-0.1, -0.05) is 23.2 Å². The van der Waals surface area contributed by atoms with Crippen LogP contribution in [-0.4, -0.2) is 23.9 Å². The minimum Gasteiger partial charge on any atom is -0.506 e. The quantitative estimate of drug-likeness (QED) is 0.646. The van der Waals surface area contributed by atoms with Gasteiger partial charge in [-0.3, -0.25) is 4.98 Å². The van der Waals surface area contributed by atoms with Crippen molar-refractivity contribution in [2.75, 3.05) is 5.32 Å². The van der Waals surface area contributed by atoms with Gasteiger partial charge in [0.15, 0.2) is 5.69 Å². The van der Waals surface area contributed by atoms with E-state index in [9.17, 15) is 10.2 Å². The molecule has 0 aliphatic rings. The summed E-state index contributed by atoms with van der Waals surface area (Å²) in [5.74, 6) is -0.145. The highest BCUT2D eigenvalue weighted by Crippen LogP contribution is 2.31. The minimum atomic E-state index is -0.137. The van der Waals surface area contributed by atoms with E-state index in [1.165, 1.54) is 6.07 Å². The van der Waals surface area contributed by atoms with E-state index in [1.54, 1.807) is 24.4 Å². The average Bonchev–Trinajstić information content (AvgIpc) is 2.96. The Hall–Kier alpha value is -2.09. The zero-order chi connectivity index (χ0) is 16.4. The molecule has 0 spiro atoms. The highest BCUT2D eigenvalue weighted by molar-refractivity contribution is 6.99. The summed E-state index contributed by atoms with van der Waals surface area (Å²) in [6.45, 7) is 0.330. The Balaban J connectivity index is 1.73. The number of hydrogen-bond acceptors (Lipinski definition) is 7. The Morgan fingerprint density at radius 3 is 2.61 bits per heavy atom. The van der Waals surface area contributed by atoms with Crippen molar-refractivity contribution in [3.63, 3.8) is 0 Å². The molecule has 0 unspecified atom stereocenters. The van der Waals surface area contributed by atoms with Crippen molar-refractivity contribution in [2.45, 2.75) is 6.54 Å². The fourth-order valence-corrected chi connectivity index (χ4v) is 2.93. The maximum atomic E-state index is 9.91. The summed E-state index contributed by atoms with van der Waals surface area (Å²) in [5.41, 5.74) is 2.18. The first-order valence-electron chi connectivity index (χ1n) is 6.43. The van der Waals surface area contributed by atoms with Gasteiger partial charge in [-0.25, -0.2) is 0 Å². The van der Waals surface area contributed by atoms with Gasteiger partial charge in [0, 0.05) is 17.1 Å². The van der Waals surface area contributed by atoms with Gasteiger partial charge >= 0.3 is 0 Å². The number of hydrogen-bond donors (Lipinski definition) is 3. The van der Waals surface area contributed by atoms with Crippen LogP contribution in [0.5, 0.6) is 11.6 Å². The molecule has 0 atom stereocenters. The molecule has 0 aliphatic heterocycles. The van der Waals surface area contributed by atoms with Crippen LogP contribution < -0.4 is 5.32 Å². The topological polar surface area (TPSA) is 91.2 Å². The van der Waals surface area contributed by atoms with E-state index < -0.39 is 0 Å². The first-order chi connectivity index (χ1) is 11.0. The summed E-state index contributed by atoms with van der Waals surface area (Å²) < 4.78 is 7.67. The average molecular weight is 369 g/mol. The monoisotopic (exact) mass is 368 g/mol. The van der Waals surface area contributed by atoms with E-state index in [0.717, 1.165) is 17.4 Å². The molecule has 2 aromatic heterocycles. The summed E-state index contributed by atoms with van der Waals surface area (Å²) >= 11 is 12.7. The smallest absolute Gasteiger partial charge is 0.253 e. The molecule has 0 fully saturated rings. The van der Waals surface area contributed by atoms with Gasteiger partial charge in [0.1, 0.15) is 5.75 Å². The van der Waals surface area contributed by atoms with Crippen LogP contribution >= 0.6 is 34.9 Å². The Bertz CT molecular complexity index is 839. The van der Waals surface area contributed by atoms with Crippen molar-refractivity contribution >= 4 is 40.6 Å². The molecular weight excluding hydrogens is 359 g/mol. The molecular formula is C14H10Cl2N4O2S. The minimum absolute atomic E-state index is 0.00776. The molecule has 0 radical (unpaired) electrons. The number of benzene rings is 1. The molecule has 0 saturated carbocycles. The predicted octanol–water partition coefficient (Wildman–Crippen LogP) is 3.93. The second kappa shape index (κ2) is 6.57. The largest absolute Gasteiger partial charge is 0.506 e. The fraction of sp³-hybridized carbons (Fsp3) is 0.0714. The molecule has 0 bridgehead atoms. The first-order valence-corrected chi connectivity index (χ1v) is 7.92. The Labute approximate surface area is 145 Å². The van der Waals surface area contributed by atoms with Crippen LogP contribution in [0.25, 0.3) is 11.4 Å². The van der Waals surface area contributed by atoms with Crippen molar-refractivity contribution < 1.29 is 10.2 Å². The van der Waals surface area contributed by atoms with Crippen molar-refractivity contribution in [3.05, 3.63) is 46.1 Å². The molecule has 0 aliphatic carbocycles. The standard InChI is InChI=1S/C14H10Cl2N4O2S/c15-8-3-7(13(21)10(16)4-8)5-17-9-1-2-11(18-6-9)12-14(22)20-23-19-12/h1-4,6,17,21H,5H2,(H,20,22). The Morgan fingerprint density at radius 1 is 1.13 bits per heavy atom. The molecule has 9 heteroatoms. The SMILES string of the molecule is Oc1nsnc1-c1ccc(NCc2cc(Cl)cc(Cl)c2O)cn1. The molecule has 3 aromatic rings. The van der Waals surface area contributed by atoms with E-state index in [2.05, 4.69) is 19.0 Å². The normalized spacial score (nSPS) is 10.7. The van der Waals surface area contributed by atoms with Crippen LogP contribution in [0.2, 0.25) is 10.0 Å². The molecule has 0 amide bonds. The van der Waals surface area contributed by atoms with Crippen LogP contribution in [0.1, 0.15) is 5.56 Å². The third-order valence-electron chi connectivity index (χ3n) is 3.07. The van der Waals surface area contributed by atoms with Crippen molar-refractivity contribution in [1.29, 1.82) is 0 Å². The number of rotatable bonds is 4. The number of phenolic OH excluding ortho intramolecular Hbond substituents is 1. The summed E-state index contributed by atoms with van der Waals surface area (Å²) in [5, 5.41) is 23.2. The van der Waals surface area contributed by atoms with Crippen molar-refractivity contribution in [1.82, 2.24) is 13.7 Å². The van der Waals surface area contributed by atoms with Gasteiger partial charge in [-0.05, 0) is 24.3 Å². The van der Waals surface area contributed by atoms with Gasteiger partial charge in [0.2, 0.25) is 0 Å². The van der Waals surface area contributed by atoms with Crippen molar-refractivity contribution in [2.24, 2.45) is 0 Å². The number of nitrogens with zero attached hydrogens (tertiary/aromatic N) is 3. The van der Waals surface area contributed by atoms with Crippen LogP contribution in [0.4, 0.5) is 5.69 Å². The molecule has 3 rings (SSSR count). The lowest BCUT2D eigenvalue weighted by atomic mass is 10.2. The second-order valence-corrected chi connectivity index (χ2v) is 5.99. The highest BCUT2D eigenvalue weighted by atomic mass is 35.5. The Kier molecular flexibility index (Phi) is 4.51. The summed E-state index contributed by atoms with van der Waals surface area (Å²) in [6.07, 6.45) is 1.59. The van der Waals surface area contributed by atoms with Crippen LogP contribution in [-0.2, 0) is 6.54 Å². The molecule has 3 N–H and O–H groups in total. The number of pyridine rings is 1. The van der Waals surface area contributed by atoms with Gasteiger partial charge in [-0.2, -0.15) is 4.37 Å². The maximum absolute atomic E-state index is 9.91. The lowest BCUT2D eigenvalue weighted by Gasteiger charge is -2.10. The van der Waals surface area contributed by atoms with Crippen LogP contribution in [0.15, 0.2) is 30.5 Å². The number of nitrogens with one attached hydrogen (secondary N) is 1. The molecule has 118 valence electrons. The summed E-state index contributed by atoms with van der Waals surface area (Å²) in [7, 11) is 0. The molecule has 23 heavy (non-hydrogen) atoms. The van der Waals surface area contributed by atoms with Gasteiger partial charge < -0.3 is 15.5 Å². The van der Waals surface area contributed by atoms with E-state index >= 15 is 0 Å². The van der Waals surface area contributed by atoms with Crippen LogP contribution in [0.3, 0.4) is 0 Å². The molecule has 1 aromatic carbocycles. The van der Waals surface area contributed by atoms with E-state index in [1.807, 2.05) is 0 Å². The number of aromatic hydroxyl groups is 2. The summed E-state index contributed by atoms with van der Waals surface area (Å²) in [6, 6.07) is 6.61. The van der Waals surface area contributed by atoms with Gasteiger partial charge in [0.05, 0.1) is 34.3 Å². The van der Waals surface area contributed by atoms with Crippen LogP contribution in [0, 0.1) is 0 Å². The molecule has 6 nitrogen and oxygen atoms in total. The zero-order valence-electron chi connectivity index (χ0n) is 11.5. The zero-order valence-corrected chi connectivity index (χ0v) is 13.8. The van der Waals surface area contributed by atoms with E-state index in [0.29, 0.717) is 28.5 Å². The lowest BCUT2D eigenvalue weighted by molar-refractivity contribution is 0.460. The summed E-state index contributed by atoms with van der Waals surface area (Å²) in [4.78, 5) is 4.22. The predicted molar refractivity (Wildman–Crippen MR) is 90.3 cm³/mol. The fourth-order valence-electron chi connectivity index (χ4n) is 1.94. The number of aromatic nitrogens is 3. The number of anilines is 1. The molecule has 0 saturated heterocycles. The molecule has 2 heterocycles. The third kappa shape index (κ3) is 3.47. The van der Waals surface area contributed by atoms with E-state index in [4.69, 9.17) is 23.2 Å². The van der Waals surface area contributed by atoms with Crippen molar-refractivity contribution in [3.8, 4) is 23.0 Å². The third-order valence-corrected chi connectivity index (χ3v) is 4.09. The maximum Gasteiger partial charge on any atom is 0.253 e. The second-order valence-electron chi connectivity index (χ2n) is 4.62. The number of phenols is 1. The Morgan fingerprint density at radius 2 is 1.96 bits per heavy atom.